The van der Waals surface area contributed by atoms with Gasteiger partial charge in [-0.05, 0) is 25.2 Å². The van der Waals surface area contributed by atoms with E-state index in [9.17, 15) is 18.0 Å². The monoisotopic (exact) mass is 397 g/mol. The molecule has 2 aromatic heterocycles. The van der Waals surface area contributed by atoms with Crippen molar-refractivity contribution in [2.75, 3.05) is 31.2 Å². The molecule has 0 radical (unpaired) electrons. The highest BCUT2D eigenvalue weighted by atomic mass is 19.4. The predicted octanol–water partition coefficient (Wildman–Crippen LogP) is 2.20. The zero-order chi connectivity index (χ0) is 19.9. The third-order valence-corrected chi connectivity index (χ3v) is 5.21. The van der Waals surface area contributed by atoms with Crippen LogP contribution in [0.4, 0.5) is 19.0 Å². The van der Waals surface area contributed by atoms with Crippen molar-refractivity contribution >= 4 is 17.4 Å². The van der Waals surface area contributed by atoms with Gasteiger partial charge in [0.2, 0.25) is 0 Å². The number of ether oxygens (including phenoxy) is 1. The molecule has 1 atom stereocenters. The average Bonchev–Trinajstić information content (AvgIpc) is 3.42. The van der Waals surface area contributed by atoms with Gasteiger partial charge in [0.15, 0.2) is 5.65 Å². The number of aromatic nitrogens is 3. The highest BCUT2D eigenvalue weighted by Crippen LogP contribution is 2.40. The van der Waals surface area contributed by atoms with Crippen LogP contribution in [0.1, 0.15) is 35.8 Å². The van der Waals surface area contributed by atoms with Gasteiger partial charge in [0.05, 0.1) is 19.4 Å². The summed E-state index contributed by atoms with van der Waals surface area (Å²) in [5.41, 5.74) is 1.16. The molecule has 28 heavy (non-hydrogen) atoms. The van der Waals surface area contributed by atoms with Crippen LogP contribution in [-0.4, -0.2) is 59.0 Å². The van der Waals surface area contributed by atoms with Gasteiger partial charge in [0, 0.05) is 24.8 Å². The quantitative estimate of drug-likeness (QED) is 0.838. The van der Waals surface area contributed by atoms with Crippen molar-refractivity contribution in [2.24, 2.45) is 5.92 Å². The molecule has 7 nitrogen and oxygen atoms in total. The third kappa shape index (κ3) is 3.65. The van der Waals surface area contributed by atoms with Gasteiger partial charge in [0.1, 0.15) is 17.4 Å². The molecule has 2 aliphatic rings. The van der Waals surface area contributed by atoms with E-state index in [0.717, 1.165) is 5.69 Å². The molecule has 1 unspecified atom stereocenters. The predicted molar refractivity (Wildman–Crippen MR) is 95.4 cm³/mol. The Morgan fingerprint density at radius 2 is 2.07 bits per heavy atom. The van der Waals surface area contributed by atoms with Crippen LogP contribution in [0.3, 0.4) is 0 Å². The molecule has 152 valence electrons. The standard InChI is InChI=1S/C18H22F3N5O2/c1-2-12-9-14(25-5-7-28-8-6-25)23-16-13(10-22-26(12)16)17(27)24-15(11-3-4-11)18(19,20)21/h9-11,15H,2-8H2,1H3,(H,24,27). The summed E-state index contributed by atoms with van der Waals surface area (Å²) in [6.07, 6.45) is -1.59. The molecule has 1 N–H and O–H groups in total. The fourth-order valence-electron chi connectivity index (χ4n) is 3.49. The lowest BCUT2D eigenvalue weighted by molar-refractivity contribution is -0.158. The number of alkyl halides is 3. The summed E-state index contributed by atoms with van der Waals surface area (Å²) >= 11 is 0. The Morgan fingerprint density at radius 3 is 2.68 bits per heavy atom. The van der Waals surface area contributed by atoms with Crippen molar-refractivity contribution in [1.29, 1.82) is 0 Å². The lowest BCUT2D eigenvalue weighted by atomic mass is 10.1. The fraction of sp³-hybridized carbons (Fsp3) is 0.611. The van der Waals surface area contributed by atoms with E-state index in [1.807, 2.05) is 17.9 Å². The first-order valence-electron chi connectivity index (χ1n) is 9.46. The highest BCUT2D eigenvalue weighted by molar-refractivity contribution is 6.00. The second-order valence-corrected chi connectivity index (χ2v) is 7.18. The Labute approximate surface area is 159 Å². The first kappa shape index (κ1) is 19.0. The summed E-state index contributed by atoms with van der Waals surface area (Å²) in [7, 11) is 0. The SMILES string of the molecule is CCc1cc(N2CCOCC2)nc2c(C(=O)NC(C3CC3)C(F)(F)F)cnn12. The van der Waals surface area contributed by atoms with E-state index in [4.69, 9.17) is 4.74 Å². The minimum atomic E-state index is -4.47. The van der Waals surface area contributed by atoms with E-state index in [2.05, 4.69) is 15.4 Å². The zero-order valence-electron chi connectivity index (χ0n) is 15.5. The number of hydrogen-bond donors (Lipinski definition) is 1. The minimum absolute atomic E-state index is 0.0553. The fourth-order valence-corrected chi connectivity index (χ4v) is 3.49. The smallest absolute Gasteiger partial charge is 0.378 e. The summed E-state index contributed by atoms with van der Waals surface area (Å²) < 4.78 is 46.7. The molecule has 1 saturated heterocycles. The van der Waals surface area contributed by atoms with Crippen molar-refractivity contribution < 1.29 is 22.7 Å². The van der Waals surface area contributed by atoms with E-state index in [1.165, 1.54) is 10.7 Å². The molecular weight excluding hydrogens is 375 g/mol. The summed E-state index contributed by atoms with van der Waals surface area (Å²) in [6.45, 7) is 4.44. The van der Waals surface area contributed by atoms with Gasteiger partial charge in [-0.1, -0.05) is 6.92 Å². The van der Waals surface area contributed by atoms with Gasteiger partial charge in [0.25, 0.3) is 5.91 Å². The Balaban J connectivity index is 1.67. The molecule has 1 aliphatic carbocycles. The van der Waals surface area contributed by atoms with Crippen LogP contribution in [-0.2, 0) is 11.2 Å². The molecule has 10 heteroatoms. The van der Waals surface area contributed by atoms with Crippen LogP contribution >= 0.6 is 0 Å². The molecule has 0 aromatic carbocycles. The van der Waals surface area contributed by atoms with Crippen molar-refractivity contribution in [3.05, 3.63) is 23.5 Å². The molecule has 2 aromatic rings. The molecule has 4 rings (SSSR count). The number of rotatable bonds is 5. The maximum Gasteiger partial charge on any atom is 0.408 e. The minimum Gasteiger partial charge on any atom is -0.378 e. The first-order valence-corrected chi connectivity index (χ1v) is 9.46. The maximum absolute atomic E-state index is 13.3. The normalized spacial score (nSPS) is 19.1. The molecule has 1 amide bonds. The van der Waals surface area contributed by atoms with Gasteiger partial charge in [-0.25, -0.2) is 9.50 Å². The lowest BCUT2D eigenvalue weighted by Crippen LogP contribution is -2.47. The Hall–Kier alpha value is -2.36. The Kier molecular flexibility index (Phi) is 4.90. The van der Waals surface area contributed by atoms with E-state index in [0.29, 0.717) is 51.4 Å². The van der Waals surface area contributed by atoms with Crippen LogP contribution < -0.4 is 10.2 Å². The highest BCUT2D eigenvalue weighted by Gasteiger charge is 2.49. The number of halogens is 3. The molecule has 0 spiro atoms. The largest absolute Gasteiger partial charge is 0.408 e. The number of nitrogens with one attached hydrogen (secondary N) is 1. The van der Waals surface area contributed by atoms with E-state index in [1.54, 1.807) is 0 Å². The van der Waals surface area contributed by atoms with Crippen molar-refractivity contribution in [2.45, 2.75) is 38.4 Å². The Bertz CT molecular complexity index is 872. The van der Waals surface area contributed by atoms with Crippen molar-refractivity contribution in [1.82, 2.24) is 19.9 Å². The van der Waals surface area contributed by atoms with Crippen LogP contribution in [0.2, 0.25) is 0 Å². The number of nitrogens with zero attached hydrogens (tertiary/aromatic N) is 4. The summed E-state index contributed by atoms with van der Waals surface area (Å²) in [5.74, 6) is -0.663. The number of amides is 1. The van der Waals surface area contributed by atoms with E-state index >= 15 is 0 Å². The van der Waals surface area contributed by atoms with Crippen molar-refractivity contribution in [3.63, 3.8) is 0 Å². The second-order valence-electron chi connectivity index (χ2n) is 7.18. The summed E-state index contributed by atoms with van der Waals surface area (Å²) in [6, 6.07) is 0.0680. The van der Waals surface area contributed by atoms with Crippen LogP contribution in [0.5, 0.6) is 0 Å². The number of aryl methyl sites for hydroxylation is 1. The number of hydrogen-bond acceptors (Lipinski definition) is 5. The number of carbonyl (C=O) groups is 1. The van der Waals surface area contributed by atoms with Crippen LogP contribution in [0.15, 0.2) is 12.3 Å². The van der Waals surface area contributed by atoms with Gasteiger partial charge in [-0.2, -0.15) is 18.3 Å². The molecule has 1 aliphatic heterocycles. The van der Waals surface area contributed by atoms with Gasteiger partial charge in [-0.3, -0.25) is 4.79 Å². The van der Waals surface area contributed by atoms with Crippen LogP contribution in [0.25, 0.3) is 5.65 Å². The molecule has 0 bridgehead atoms. The first-order chi connectivity index (χ1) is 13.4. The van der Waals surface area contributed by atoms with E-state index < -0.39 is 24.0 Å². The van der Waals surface area contributed by atoms with Gasteiger partial charge < -0.3 is 15.0 Å². The second kappa shape index (κ2) is 7.23. The van der Waals surface area contributed by atoms with Crippen molar-refractivity contribution in [3.8, 4) is 0 Å². The number of fused-ring (bicyclic) bond motifs is 1. The summed E-state index contributed by atoms with van der Waals surface area (Å²) in [5, 5.41) is 6.35. The molecule has 2 fully saturated rings. The van der Waals surface area contributed by atoms with Gasteiger partial charge in [-0.15, -0.1) is 0 Å². The molecule has 1 saturated carbocycles. The number of carbonyl (C=O) groups excluding carboxylic acids is 1. The Morgan fingerprint density at radius 1 is 1.36 bits per heavy atom. The maximum atomic E-state index is 13.3. The molecular formula is C18H22F3N5O2. The third-order valence-electron chi connectivity index (χ3n) is 5.21. The van der Waals surface area contributed by atoms with Crippen LogP contribution in [0, 0.1) is 5.92 Å². The van der Waals surface area contributed by atoms with E-state index in [-0.39, 0.29) is 11.2 Å². The van der Waals surface area contributed by atoms with Gasteiger partial charge >= 0.3 is 6.18 Å². The number of anilines is 1. The number of morpholine rings is 1. The summed E-state index contributed by atoms with van der Waals surface area (Å²) in [4.78, 5) is 19.2. The lowest BCUT2D eigenvalue weighted by Gasteiger charge is -2.28. The molecule has 3 heterocycles. The zero-order valence-corrected chi connectivity index (χ0v) is 15.5. The topological polar surface area (TPSA) is 71.8 Å². The average molecular weight is 397 g/mol.